The third kappa shape index (κ3) is 3.51. The molecule has 0 bridgehead atoms. The fourth-order valence-electron chi connectivity index (χ4n) is 2.95. The van der Waals surface area contributed by atoms with Crippen LogP contribution in [0.15, 0.2) is 18.2 Å². The molecule has 20 heavy (non-hydrogen) atoms. The zero-order valence-electron chi connectivity index (χ0n) is 11.9. The number of aliphatic hydroxyl groups is 1. The van der Waals surface area contributed by atoms with Crippen molar-refractivity contribution in [2.75, 3.05) is 13.2 Å². The van der Waals surface area contributed by atoms with Crippen LogP contribution in [-0.2, 0) is 0 Å². The van der Waals surface area contributed by atoms with Crippen LogP contribution in [0.1, 0.15) is 41.6 Å². The maximum Gasteiger partial charge on any atom is 0.255 e. The van der Waals surface area contributed by atoms with Gasteiger partial charge in [-0.1, -0.05) is 18.9 Å². The standard InChI is InChI=1S/C16H23NO3/c1-11-6-7-14(15(19)8-11)16(20)17-9-12-4-2-3-5-13(12)10-18/h6-8,12-13,18-19H,2-5,9-10H2,1H3,(H,17,20). The number of nitrogens with one attached hydrogen (secondary N) is 1. The van der Waals surface area contributed by atoms with Crippen molar-refractivity contribution in [2.45, 2.75) is 32.6 Å². The largest absolute Gasteiger partial charge is 0.507 e. The Hall–Kier alpha value is -1.55. The number of phenols is 1. The Labute approximate surface area is 119 Å². The van der Waals surface area contributed by atoms with Gasteiger partial charge in [0.05, 0.1) is 5.56 Å². The summed E-state index contributed by atoms with van der Waals surface area (Å²) in [4.78, 5) is 12.1. The van der Waals surface area contributed by atoms with Crippen LogP contribution in [0.3, 0.4) is 0 Å². The lowest BCUT2D eigenvalue weighted by Crippen LogP contribution is -2.35. The van der Waals surface area contributed by atoms with Crippen molar-refractivity contribution >= 4 is 5.91 Å². The number of rotatable bonds is 4. The average molecular weight is 277 g/mol. The smallest absolute Gasteiger partial charge is 0.255 e. The van der Waals surface area contributed by atoms with E-state index in [0.717, 1.165) is 31.2 Å². The average Bonchev–Trinajstić information content (AvgIpc) is 2.45. The third-order valence-electron chi connectivity index (χ3n) is 4.22. The third-order valence-corrected chi connectivity index (χ3v) is 4.22. The maximum absolute atomic E-state index is 12.1. The molecule has 0 heterocycles. The minimum Gasteiger partial charge on any atom is -0.507 e. The Morgan fingerprint density at radius 1 is 1.30 bits per heavy atom. The highest BCUT2D eigenvalue weighted by Gasteiger charge is 2.25. The number of amides is 1. The number of carbonyl (C=O) groups excluding carboxylic acids is 1. The lowest BCUT2D eigenvalue weighted by Gasteiger charge is -2.30. The lowest BCUT2D eigenvalue weighted by atomic mass is 9.79. The Morgan fingerprint density at radius 3 is 2.65 bits per heavy atom. The van der Waals surface area contributed by atoms with Crippen LogP contribution in [0.2, 0.25) is 0 Å². The number of aromatic hydroxyl groups is 1. The van der Waals surface area contributed by atoms with Crippen molar-refractivity contribution in [1.82, 2.24) is 5.32 Å². The van der Waals surface area contributed by atoms with Gasteiger partial charge in [0.1, 0.15) is 5.75 Å². The first-order chi connectivity index (χ1) is 9.61. The first kappa shape index (κ1) is 14.9. The molecule has 0 saturated heterocycles. The van der Waals surface area contributed by atoms with Gasteiger partial charge in [0.2, 0.25) is 0 Å². The van der Waals surface area contributed by atoms with Gasteiger partial charge in [-0.15, -0.1) is 0 Å². The molecular weight excluding hydrogens is 254 g/mol. The van der Waals surface area contributed by atoms with Crippen molar-refractivity contribution in [3.05, 3.63) is 29.3 Å². The molecule has 1 aliphatic carbocycles. The summed E-state index contributed by atoms with van der Waals surface area (Å²) in [6, 6.07) is 5.04. The van der Waals surface area contributed by atoms with E-state index in [2.05, 4.69) is 5.32 Å². The number of carbonyl (C=O) groups is 1. The molecule has 1 saturated carbocycles. The molecule has 0 radical (unpaired) electrons. The minimum atomic E-state index is -0.246. The number of aryl methyl sites for hydroxylation is 1. The van der Waals surface area contributed by atoms with Crippen molar-refractivity contribution in [3.8, 4) is 5.75 Å². The number of benzene rings is 1. The van der Waals surface area contributed by atoms with Gasteiger partial charge < -0.3 is 15.5 Å². The second-order valence-electron chi connectivity index (χ2n) is 5.72. The molecule has 3 N–H and O–H groups in total. The van der Waals surface area contributed by atoms with E-state index in [1.807, 2.05) is 13.0 Å². The summed E-state index contributed by atoms with van der Waals surface area (Å²) in [6.07, 6.45) is 4.40. The van der Waals surface area contributed by atoms with E-state index in [0.29, 0.717) is 18.0 Å². The zero-order chi connectivity index (χ0) is 14.5. The Kier molecular flexibility index (Phi) is 5.01. The molecule has 1 aromatic rings. The first-order valence-electron chi connectivity index (χ1n) is 7.30. The topological polar surface area (TPSA) is 69.6 Å². The molecule has 1 aromatic carbocycles. The minimum absolute atomic E-state index is 0.0184. The molecule has 1 fully saturated rings. The fraction of sp³-hybridized carbons (Fsp3) is 0.562. The van der Waals surface area contributed by atoms with Gasteiger partial charge in [0.15, 0.2) is 0 Å². The van der Waals surface area contributed by atoms with Gasteiger partial charge >= 0.3 is 0 Å². The summed E-state index contributed by atoms with van der Waals surface area (Å²) < 4.78 is 0. The number of hydrogen-bond acceptors (Lipinski definition) is 3. The summed E-state index contributed by atoms with van der Waals surface area (Å²) in [7, 11) is 0. The summed E-state index contributed by atoms with van der Waals surface area (Å²) in [5.74, 6) is 0.399. The summed E-state index contributed by atoms with van der Waals surface area (Å²) >= 11 is 0. The predicted octanol–water partition coefficient (Wildman–Crippen LogP) is 2.23. The fourth-order valence-corrected chi connectivity index (χ4v) is 2.95. The molecule has 2 unspecified atom stereocenters. The van der Waals surface area contributed by atoms with Crippen LogP contribution in [-0.4, -0.2) is 29.3 Å². The maximum atomic E-state index is 12.1. The van der Waals surface area contributed by atoms with Crippen molar-refractivity contribution in [2.24, 2.45) is 11.8 Å². The van der Waals surface area contributed by atoms with E-state index >= 15 is 0 Å². The van der Waals surface area contributed by atoms with Gasteiger partial charge in [0.25, 0.3) is 5.91 Å². The number of aliphatic hydroxyl groups excluding tert-OH is 1. The Bertz CT molecular complexity index is 473. The Morgan fingerprint density at radius 2 is 2.00 bits per heavy atom. The van der Waals surface area contributed by atoms with Crippen LogP contribution >= 0.6 is 0 Å². The van der Waals surface area contributed by atoms with E-state index in [4.69, 9.17) is 0 Å². The summed E-state index contributed by atoms with van der Waals surface area (Å²) in [6.45, 7) is 2.63. The molecule has 110 valence electrons. The van der Waals surface area contributed by atoms with Crippen LogP contribution < -0.4 is 5.32 Å². The van der Waals surface area contributed by atoms with Gasteiger partial charge in [-0.05, 0) is 49.3 Å². The predicted molar refractivity (Wildman–Crippen MR) is 77.7 cm³/mol. The number of phenolic OH excluding ortho intramolecular Hbond substituents is 1. The van der Waals surface area contributed by atoms with Crippen LogP contribution in [0.5, 0.6) is 5.75 Å². The molecule has 2 atom stereocenters. The van der Waals surface area contributed by atoms with Crippen LogP contribution in [0.4, 0.5) is 0 Å². The second-order valence-corrected chi connectivity index (χ2v) is 5.72. The second kappa shape index (κ2) is 6.75. The summed E-state index contributed by atoms with van der Waals surface area (Å²) in [5.41, 5.74) is 1.23. The zero-order valence-corrected chi connectivity index (χ0v) is 11.9. The van der Waals surface area contributed by atoms with Gasteiger partial charge in [0, 0.05) is 13.2 Å². The molecule has 0 spiro atoms. The van der Waals surface area contributed by atoms with Crippen LogP contribution in [0.25, 0.3) is 0 Å². The van der Waals surface area contributed by atoms with Crippen molar-refractivity contribution in [1.29, 1.82) is 0 Å². The Balaban J connectivity index is 1.94. The molecular formula is C16H23NO3. The van der Waals surface area contributed by atoms with E-state index in [1.54, 1.807) is 12.1 Å². The van der Waals surface area contributed by atoms with E-state index in [-0.39, 0.29) is 24.2 Å². The highest BCUT2D eigenvalue weighted by molar-refractivity contribution is 5.96. The SMILES string of the molecule is Cc1ccc(C(=O)NCC2CCCCC2CO)c(O)c1. The molecule has 2 rings (SSSR count). The lowest BCUT2D eigenvalue weighted by molar-refractivity contribution is 0.0907. The van der Waals surface area contributed by atoms with Crippen LogP contribution in [0, 0.1) is 18.8 Å². The highest BCUT2D eigenvalue weighted by atomic mass is 16.3. The molecule has 1 amide bonds. The molecule has 0 aliphatic heterocycles. The van der Waals surface area contributed by atoms with E-state index in [1.165, 1.54) is 0 Å². The van der Waals surface area contributed by atoms with Gasteiger partial charge in [-0.25, -0.2) is 0 Å². The highest BCUT2D eigenvalue weighted by Crippen LogP contribution is 2.29. The van der Waals surface area contributed by atoms with Crippen molar-refractivity contribution < 1.29 is 15.0 Å². The molecule has 4 nitrogen and oxygen atoms in total. The van der Waals surface area contributed by atoms with E-state index in [9.17, 15) is 15.0 Å². The van der Waals surface area contributed by atoms with E-state index < -0.39 is 0 Å². The number of hydrogen-bond donors (Lipinski definition) is 3. The molecule has 4 heteroatoms. The first-order valence-corrected chi connectivity index (χ1v) is 7.30. The molecule has 1 aliphatic rings. The molecule has 0 aromatic heterocycles. The van der Waals surface area contributed by atoms with Crippen molar-refractivity contribution in [3.63, 3.8) is 0 Å². The quantitative estimate of drug-likeness (QED) is 0.790. The summed E-state index contributed by atoms with van der Waals surface area (Å²) in [5, 5.41) is 22.0. The van der Waals surface area contributed by atoms with Gasteiger partial charge in [-0.3, -0.25) is 4.79 Å². The monoisotopic (exact) mass is 277 g/mol. The normalized spacial score (nSPS) is 22.5. The van der Waals surface area contributed by atoms with Gasteiger partial charge in [-0.2, -0.15) is 0 Å².